The van der Waals surface area contributed by atoms with Gasteiger partial charge < -0.3 is 14.2 Å². The third-order valence-electron chi connectivity index (χ3n) is 2.80. The molecule has 0 heterocycles. The summed E-state index contributed by atoms with van der Waals surface area (Å²) in [5.41, 5.74) is -0.375. The Balaban J connectivity index is 4.88. The number of allylic oxidation sites excluding steroid dienone is 1. The molecule has 0 aromatic rings. The molecule has 0 aliphatic rings. The molecule has 0 rings (SSSR count). The number of ether oxygens (including phenoxy) is 3. The van der Waals surface area contributed by atoms with Crippen LogP contribution in [0, 0.1) is 0 Å². The Bertz CT molecular complexity index is 296. The van der Waals surface area contributed by atoms with E-state index in [9.17, 15) is 4.79 Å². The standard InChI is InChI=1S/C14H24O4/c1-6-8-13(15)14(17-5,12(3)7-2)11-18-10-9-16-4/h6,8H,3,7,9-11H2,1-2,4-5H3/b8-6+. The van der Waals surface area contributed by atoms with Crippen molar-refractivity contribution in [3.05, 3.63) is 24.3 Å². The van der Waals surface area contributed by atoms with Gasteiger partial charge in [-0.2, -0.15) is 0 Å². The number of carbonyl (C=O) groups excluding carboxylic acids is 1. The van der Waals surface area contributed by atoms with E-state index in [0.717, 1.165) is 0 Å². The Morgan fingerprint density at radius 3 is 2.44 bits per heavy atom. The van der Waals surface area contributed by atoms with Gasteiger partial charge in [-0.3, -0.25) is 4.79 Å². The maximum atomic E-state index is 12.2. The van der Waals surface area contributed by atoms with Crippen LogP contribution in [0.3, 0.4) is 0 Å². The van der Waals surface area contributed by atoms with Gasteiger partial charge in [0.2, 0.25) is 0 Å². The second kappa shape index (κ2) is 9.03. The molecule has 0 radical (unpaired) electrons. The van der Waals surface area contributed by atoms with Crippen LogP contribution in [0.15, 0.2) is 24.3 Å². The average molecular weight is 256 g/mol. The van der Waals surface area contributed by atoms with Gasteiger partial charge in [0.25, 0.3) is 0 Å². The van der Waals surface area contributed by atoms with Crippen molar-refractivity contribution >= 4 is 5.78 Å². The van der Waals surface area contributed by atoms with Gasteiger partial charge in [0, 0.05) is 14.2 Å². The smallest absolute Gasteiger partial charge is 0.193 e. The largest absolute Gasteiger partial charge is 0.382 e. The number of methoxy groups -OCH3 is 2. The monoisotopic (exact) mass is 256 g/mol. The summed E-state index contributed by atoms with van der Waals surface area (Å²) in [5.74, 6) is -0.142. The second-order valence-electron chi connectivity index (χ2n) is 3.90. The zero-order chi connectivity index (χ0) is 14.0. The molecule has 0 saturated carbocycles. The minimum atomic E-state index is -1.09. The Morgan fingerprint density at radius 1 is 1.33 bits per heavy atom. The van der Waals surface area contributed by atoms with Crippen molar-refractivity contribution in [1.29, 1.82) is 0 Å². The second-order valence-corrected chi connectivity index (χ2v) is 3.90. The number of carbonyl (C=O) groups is 1. The van der Waals surface area contributed by atoms with Crippen LogP contribution in [-0.2, 0) is 19.0 Å². The summed E-state index contributed by atoms with van der Waals surface area (Å²) in [7, 11) is 3.10. The van der Waals surface area contributed by atoms with E-state index in [1.54, 1.807) is 20.1 Å². The zero-order valence-corrected chi connectivity index (χ0v) is 11.8. The van der Waals surface area contributed by atoms with Crippen LogP contribution in [0.1, 0.15) is 20.3 Å². The van der Waals surface area contributed by atoms with Gasteiger partial charge in [-0.05, 0) is 25.0 Å². The molecule has 0 spiro atoms. The molecule has 0 aliphatic heterocycles. The third-order valence-corrected chi connectivity index (χ3v) is 2.80. The van der Waals surface area contributed by atoms with Crippen LogP contribution in [0.2, 0.25) is 0 Å². The maximum absolute atomic E-state index is 12.2. The van der Waals surface area contributed by atoms with Gasteiger partial charge in [-0.15, -0.1) is 0 Å². The molecule has 4 heteroatoms. The zero-order valence-electron chi connectivity index (χ0n) is 11.8. The molecular weight excluding hydrogens is 232 g/mol. The van der Waals surface area contributed by atoms with Crippen LogP contribution in [0.4, 0.5) is 0 Å². The van der Waals surface area contributed by atoms with Crippen molar-refractivity contribution in [3.8, 4) is 0 Å². The van der Waals surface area contributed by atoms with Gasteiger partial charge in [0.15, 0.2) is 11.4 Å². The first-order chi connectivity index (χ1) is 8.58. The Morgan fingerprint density at radius 2 is 2.00 bits per heavy atom. The normalized spacial score (nSPS) is 14.7. The highest BCUT2D eigenvalue weighted by molar-refractivity contribution is 5.99. The molecule has 104 valence electrons. The van der Waals surface area contributed by atoms with E-state index in [1.165, 1.54) is 13.2 Å². The number of ketones is 1. The lowest BCUT2D eigenvalue weighted by Crippen LogP contribution is -2.46. The first kappa shape index (κ1) is 17.0. The summed E-state index contributed by atoms with van der Waals surface area (Å²) < 4.78 is 15.8. The molecule has 0 amide bonds. The molecule has 0 bridgehead atoms. The van der Waals surface area contributed by atoms with Crippen molar-refractivity contribution in [2.45, 2.75) is 25.9 Å². The van der Waals surface area contributed by atoms with Crippen molar-refractivity contribution in [1.82, 2.24) is 0 Å². The van der Waals surface area contributed by atoms with Crippen LogP contribution in [0.25, 0.3) is 0 Å². The highest BCUT2D eigenvalue weighted by Gasteiger charge is 2.39. The predicted octanol–water partition coefficient (Wildman–Crippen LogP) is 2.15. The van der Waals surface area contributed by atoms with Gasteiger partial charge in [-0.25, -0.2) is 0 Å². The summed E-state index contributed by atoms with van der Waals surface area (Å²) >= 11 is 0. The Kier molecular flexibility index (Phi) is 8.54. The van der Waals surface area contributed by atoms with Crippen LogP contribution in [-0.4, -0.2) is 45.4 Å². The SMILES string of the molecule is C=C(CC)C(COCCOC)(OC)C(=O)/C=C/C. The van der Waals surface area contributed by atoms with Crippen molar-refractivity contribution in [2.75, 3.05) is 34.0 Å². The molecule has 0 aromatic carbocycles. The first-order valence-electron chi connectivity index (χ1n) is 6.06. The first-order valence-corrected chi connectivity index (χ1v) is 6.06. The van der Waals surface area contributed by atoms with E-state index in [0.29, 0.717) is 25.2 Å². The van der Waals surface area contributed by atoms with Crippen molar-refractivity contribution in [2.24, 2.45) is 0 Å². The van der Waals surface area contributed by atoms with E-state index < -0.39 is 5.60 Å². The summed E-state index contributed by atoms with van der Waals surface area (Å²) in [6.07, 6.45) is 3.84. The van der Waals surface area contributed by atoms with E-state index in [1.807, 2.05) is 6.92 Å². The van der Waals surface area contributed by atoms with E-state index in [4.69, 9.17) is 14.2 Å². The molecule has 18 heavy (non-hydrogen) atoms. The van der Waals surface area contributed by atoms with Gasteiger partial charge in [-0.1, -0.05) is 19.6 Å². The van der Waals surface area contributed by atoms with Crippen LogP contribution in [0.5, 0.6) is 0 Å². The average Bonchev–Trinajstić information content (AvgIpc) is 2.39. The third kappa shape index (κ3) is 4.37. The molecule has 0 N–H and O–H groups in total. The molecule has 0 aromatic heterocycles. The molecule has 0 saturated heterocycles. The topological polar surface area (TPSA) is 44.8 Å². The molecule has 1 unspecified atom stereocenters. The maximum Gasteiger partial charge on any atom is 0.193 e. The highest BCUT2D eigenvalue weighted by atomic mass is 16.6. The minimum Gasteiger partial charge on any atom is -0.382 e. The molecule has 0 aliphatic carbocycles. The van der Waals surface area contributed by atoms with Crippen LogP contribution >= 0.6 is 0 Å². The molecule has 1 atom stereocenters. The lowest BCUT2D eigenvalue weighted by atomic mass is 9.88. The number of rotatable bonds is 10. The Labute approximate surface area is 110 Å². The van der Waals surface area contributed by atoms with Crippen molar-refractivity contribution < 1.29 is 19.0 Å². The number of hydrogen-bond donors (Lipinski definition) is 0. The number of hydrogen-bond acceptors (Lipinski definition) is 4. The Hall–Kier alpha value is -0.970. The quantitative estimate of drug-likeness (QED) is 0.341. The lowest BCUT2D eigenvalue weighted by Gasteiger charge is -2.31. The minimum absolute atomic E-state index is 0.142. The molecule has 0 fully saturated rings. The fraction of sp³-hybridized carbons (Fsp3) is 0.643. The van der Waals surface area contributed by atoms with Gasteiger partial charge in [0.05, 0.1) is 19.8 Å². The summed E-state index contributed by atoms with van der Waals surface area (Å²) in [4.78, 5) is 12.2. The summed E-state index contributed by atoms with van der Waals surface area (Å²) in [6, 6.07) is 0. The van der Waals surface area contributed by atoms with Crippen molar-refractivity contribution in [3.63, 3.8) is 0 Å². The summed E-state index contributed by atoms with van der Waals surface area (Å²) in [5, 5.41) is 0. The van der Waals surface area contributed by atoms with Gasteiger partial charge in [0.1, 0.15) is 0 Å². The highest BCUT2D eigenvalue weighted by Crippen LogP contribution is 2.25. The fourth-order valence-electron chi connectivity index (χ4n) is 1.58. The van der Waals surface area contributed by atoms with Crippen LogP contribution < -0.4 is 0 Å². The van der Waals surface area contributed by atoms with Gasteiger partial charge >= 0.3 is 0 Å². The van der Waals surface area contributed by atoms with E-state index in [-0.39, 0.29) is 12.4 Å². The fourth-order valence-corrected chi connectivity index (χ4v) is 1.58. The predicted molar refractivity (Wildman–Crippen MR) is 71.7 cm³/mol. The molecular formula is C14H24O4. The van der Waals surface area contributed by atoms with E-state index in [2.05, 4.69) is 6.58 Å². The lowest BCUT2D eigenvalue weighted by molar-refractivity contribution is -0.139. The van der Waals surface area contributed by atoms with E-state index >= 15 is 0 Å². The summed E-state index contributed by atoms with van der Waals surface area (Å²) in [6.45, 7) is 8.71. The molecule has 4 nitrogen and oxygen atoms in total.